The molecule has 0 N–H and O–H groups in total. The number of aryl methyl sites for hydroxylation is 1. The van der Waals surface area contributed by atoms with Crippen LogP contribution >= 0.6 is 0 Å². The Morgan fingerprint density at radius 2 is 1.90 bits per heavy atom. The van der Waals surface area contributed by atoms with Crippen LogP contribution in [0.3, 0.4) is 0 Å². The van der Waals surface area contributed by atoms with E-state index in [1.54, 1.807) is 12.1 Å². The number of halogens is 1. The molecule has 0 spiro atoms. The van der Waals surface area contributed by atoms with Gasteiger partial charge >= 0.3 is 0 Å². The Hall–Kier alpha value is -1.92. The number of rotatable bonds is 6. The third-order valence-corrected chi connectivity index (χ3v) is 6.54. The van der Waals surface area contributed by atoms with Gasteiger partial charge in [-0.1, -0.05) is 19.1 Å². The van der Waals surface area contributed by atoms with Gasteiger partial charge in [0.1, 0.15) is 5.82 Å². The summed E-state index contributed by atoms with van der Waals surface area (Å²) in [5.74, 6) is -0.108. The van der Waals surface area contributed by atoms with Crippen LogP contribution in [-0.4, -0.2) is 64.9 Å². The molecule has 1 atom stereocenters. The van der Waals surface area contributed by atoms with Crippen molar-refractivity contribution in [2.45, 2.75) is 52.2 Å². The number of aromatic nitrogens is 2. The molecule has 0 amide bonds. The van der Waals surface area contributed by atoms with Crippen molar-refractivity contribution in [3.05, 3.63) is 47.5 Å². The van der Waals surface area contributed by atoms with Gasteiger partial charge in [-0.05, 0) is 44.9 Å². The second kappa shape index (κ2) is 9.26. The molecule has 1 aromatic carbocycles. The molecule has 2 aliphatic heterocycles. The minimum Gasteiger partial charge on any atom is -0.367 e. The van der Waals surface area contributed by atoms with Gasteiger partial charge in [0.2, 0.25) is 0 Å². The Balaban J connectivity index is 1.32. The zero-order chi connectivity index (χ0) is 20.2. The van der Waals surface area contributed by atoms with Gasteiger partial charge in [0.05, 0.1) is 11.9 Å². The van der Waals surface area contributed by atoms with Gasteiger partial charge in [0.25, 0.3) is 0 Å². The van der Waals surface area contributed by atoms with Crippen LogP contribution in [0, 0.1) is 12.7 Å². The summed E-state index contributed by atoms with van der Waals surface area (Å²) in [5, 5.41) is 4.57. The van der Waals surface area contributed by atoms with E-state index in [1.165, 1.54) is 30.6 Å². The highest BCUT2D eigenvalue weighted by Crippen LogP contribution is 2.24. The molecule has 158 valence electrons. The van der Waals surface area contributed by atoms with Crippen LogP contribution in [0.1, 0.15) is 37.4 Å². The van der Waals surface area contributed by atoms with Gasteiger partial charge in [-0.3, -0.25) is 14.5 Å². The summed E-state index contributed by atoms with van der Waals surface area (Å²) < 4.78 is 16.2. The van der Waals surface area contributed by atoms with Crippen molar-refractivity contribution in [3.8, 4) is 0 Å². The molecule has 0 bridgehead atoms. The zero-order valence-corrected chi connectivity index (χ0v) is 17.9. The number of para-hydroxylation sites is 1. The highest BCUT2D eigenvalue weighted by molar-refractivity contribution is 5.48. The van der Waals surface area contributed by atoms with E-state index in [9.17, 15) is 4.39 Å². The predicted octanol–water partition coefficient (Wildman–Crippen LogP) is 3.53. The summed E-state index contributed by atoms with van der Waals surface area (Å²) in [6.45, 7) is 12.5. The van der Waals surface area contributed by atoms with Gasteiger partial charge in [0, 0.05) is 63.1 Å². The minimum absolute atomic E-state index is 0.108. The molecule has 5 nitrogen and oxygen atoms in total. The van der Waals surface area contributed by atoms with E-state index in [-0.39, 0.29) is 5.82 Å². The van der Waals surface area contributed by atoms with E-state index < -0.39 is 0 Å². The van der Waals surface area contributed by atoms with Crippen molar-refractivity contribution in [2.24, 2.45) is 0 Å². The molecular formula is C23H34FN5. The number of anilines is 1. The zero-order valence-electron chi connectivity index (χ0n) is 17.9. The number of piperidine rings is 1. The Morgan fingerprint density at radius 3 is 2.66 bits per heavy atom. The van der Waals surface area contributed by atoms with Crippen molar-refractivity contribution in [1.82, 2.24) is 19.6 Å². The first-order chi connectivity index (χ1) is 14.2. The molecule has 0 radical (unpaired) electrons. The molecular weight excluding hydrogens is 365 g/mol. The quantitative estimate of drug-likeness (QED) is 0.743. The van der Waals surface area contributed by atoms with Crippen molar-refractivity contribution in [2.75, 3.05) is 44.2 Å². The molecule has 2 fully saturated rings. The van der Waals surface area contributed by atoms with Crippen LogP contribution in [0.2, 0.25) is 0 Å². The van der Waals surface area contributed by atoms with E-state index in [0.717, 1.165) is 57.9 Å². The minimum atomic E-state index is -0.108. The molecule has 2 aromatic rings. The fourth-order valence-corrected chi connectivity index (χ4v) is 4.83. The first-order valence-electron chi connectivity index (χ1n) is 11.1. The van der Waals surface area contributed by atoms with Gasteiger partial charge in [-0.2, -0.15) is 5.10 Å². The van der Waals surface area contributed by atoms with E-state index in [1.807, 2.05) is 12.1 Å². The molecule has 29 heavy (non-hydrogen) atoms. The number of likely N-dealkylation sites (tertiary alicyclic amines) is 1. The Morgan fingerprint density at radius 1 is 1.10 bits per heavy atom. The van der Waals surface area contributed by atoms with Crippen LogP contribution in [0.25, 0.3) is 0 Å². The average Bonchev–Trinajstić information content (AvgIpc) is 3.08. The number of hydrogen-bond acceptors (Lipinski definition) is 4. The lowest BCUT2D eigenvalue weighted by Gasteiger charge is -2.44. The molecule has 0 saturated carbocycles. The molecule has 2 saturated heterocycles. The molecule has 1 aromatic heterocycles. The predicted molar refractivity (Wildman–Crippen MR) is 116 cm³/mol. The summed E-state index contributed by atoms with van der Waals surface area (Å²) in [7, 11) is 0. The fourth-order valence-electron chi connectivity index (χ4n) is 4.83. The standard InChI is InChI=1S/C23H34FN5/c1-3-10-29-19(2)20(16-25-29)17-26-11-6-7-21(18-26)27-12-14-28(15-13-27)23-9-5-4-8-22(23)24/h4-5,8-9,16,21H,3,6-7,10-15,17-18H2,1-2H3/t21-/m0/s1. The van der Waals surface area contributed by atoms with E-state index in [2.05, 4.69) is 44.5 Å². The van der Waals surface area contributed by atoms with Crippen LogP contribution in [0.5, 0.6) is 0 Å². The van der Waals surface area contributed by atoms with Gasteiger partial charge in [-0.25, -0.2) is 4.39 Å². The lowest BCUT2D eigenvalue weighted by Crippen LogP contribution is -2.55. The van der Waals surface area contributed by atoms with Crippen LogP contribution in [-0.2, 0) is 13.1 Å². The highest BCUT2D eigenvalue weighted by Gasteiger charge is 2.29. The van der Waals surface area contributed by atoms with Gasteiger partial charge in [-0.15, -0.1) is 0 Å². The maximum Gasteiger partial charge on any atom is 0.146 e. The van der Waals surface area contributed by atoms with Crippen LogP contribution < -0.4 is 4.90 Å². The third-order valence-electron chi connectivity index (χ3n) is 6.54. The molecule has 0 aliphatic carbocycles. The lowest BCUT2D eigenvalue weighted by molar-refractivity contribution is 0.0885. The molecule has 4 rings (SSSR count). The normalized spacial score (nSPS) is 21.6. The molecule has 2 aliphatic rings. The maximum absolute atomic E-state index is 14.1. The van der Waals surface area contributed by atoms with Crippen LogP contribution in [0.4, 0.5) is 10.1 Å². The maximum atomic E-state index is 14.1. The van der Waals surface area contributed by atoms with Crippen molar-refractivity contribution in [3.63, 3.8) is 0 Å². The fraction of sp³-hybridized carbons (Fsp3) is 0.609. The highest BCUT2D eigenvalue weighted by atomic mass is 19.1. The van der Waals surface area contributed by atoms with E-state index in [0.29, 0.717) is 6.04 Å². The summed E-state index contributed by atoms with van der Waals surface area (Å²) in [5.41, 5.74) is 3.42. The molecule has 6 heteroatoms. The monoisotopic (exact) mass is 399 g/mol. The van der Waals surface area contributed by atoms with Crippen LogP contribution in [0.15, 0.2) is 30.5 Å². The first kappa shape index (κ1) is 20.4. The Bertz CT molecular complexity index is 796. The molecule has 3 heterocycles. The second-order valence-electron chi connectivity index (χ2n) is 8.48. The summed E-state index contributed by atoms with van der Waals surface area (Å²) in [4.78, 5) is 7.41. The first-order valence-corrected chi connectivity index (χ1v) is 11.1. The largest absolute Gasteiger partial charge is 0.367 e. The Labute approximate surface area is 174 Å². The topological polar surface area (TPSA) is 27.5 Å². The van der Waals surface area contributed by atoms with Crippen molar-refractivity contribution < 1.29 is 4.39 Å². The van der Waals surface area contributed by atoms with E-state index >= 15 is 0 Å². The smallest absolute Gasteiger partial charge is 0.146 e. The SMILES string of the molecule is CCCn1ncc(CN2CCC[C@H](N3CCN(c4ccccc4F)CC3)C2)c1C. The van der Waals surface area contributed by atoms with Gasteiger partial charge in [0.15, 0.2) is 0 Å². The Kier molecular flexibility index (Phi) is 6.50. The second-order valence-corrected chi connectivity index (χ2v) is 8.48. The summed E-state index contributed by atoms with van der Waals surface area (Å²) in [6.07, 6.45) is 5.69. The number of hydrogen-bond donors (Lipinski definition) is 0. The summed E-state index contributed by atoms with van der Waals surface area (Å²) >= 11 is 0. The number of piperazine rings is 1. The van der Waals surface area contributed by atoms with E-state index in [4.69, 9.17) is 0 Å². The van der Waals surface area contributed by atoms with Crippen molar-refractivity contribution in [1.29, 1.82) is 0 Å². The third kappa shape index (κ3) is 4.64. The molecule has 0 unspecified atom stereocenters. The van der Waals surface area contributed by atoms with Crippen molar-refractivity contribution >= 4 is 5.69 Å². The van der Waals surface area contributed by atoms with Gasteiger partial charge < -0.3 is 4.90 Å². The lowest BCUT2D eigenvalue weighted by atomic mass is 10.0. The summed E-state index contributed by atoms with van der Waals surface area (Å²) in [6, 6.07) is 7.76. The number of nitrogens with zero attached hydrogens (tertiary/aromatic N) is 5. The average molecular weight is 400 g/mol. The number of benzene rings is 1.